The molecule has 2 unspecified atom stereocenters. The van der Waals surface area contributed by atoms with Crippen LogP contribution >= 0.6 is 0 Å². The summed E-state index contributed by atoms with van der Waals surface area (Å²) in [5.74, 6) is 2.19. The molecule has 8 nitrogen and oxygen atoms in total. The number of hydrogen-bond donors (Lipinski definition) is 1. The fraction of sp³-hybridized carbons (Fsp3) is 0.419. The lowest BCUT2D eigenvalue weighted by Crippen LogP contribution is -2.48. The summed E-state index contributed by atoms with van der Waals surface area (Å²) in [7, 11) is 0. The minimum Gasteiger partial charge on any atom is -0.508 e. The maximum absolute atomic E-state index is 14.6. The molecule has 2 aromatic carbocycles. The number of fused-ring (bicyclic) bond motifs is 3. The number of aromatic hydroxyl groups is 1. The largest absolute Gasteiger partial charge is 0.508 e. The highest BCUT2D eigenvalue weighted by Crippen LogP contribution is 2.43. The predicted molar refractivity (Wildman–Crippen MR) is 149 cm³/mol. The van der Waals surface area contributed by atoms with Crippen molar-refractivity contribution in [3.05, 3.63) is 47.5 Å². The van der Waals surface area contributed by atoms with Crippen LogP contribution in [0.15, 0.2) is 30.5 Å². The Hall–Kier alpha value is -3.87. The van der Waals surface area contributed by atoms with E-state index in [2.05, 4.69) is 25.8 Å². The number of aromatic nitrogens is 4. The molecule has 1 saturated carbocycles. The minimum absolute atomic E-state index is 0.00133. The van der Waals surface area contributed by atoms with Gasteiger partial charge >= 0.3 is 6.01 Å². The van der Waals surface area contributed by atoms with Crippen LogP contribution in [0.1, 0.15) is 49.8 Å². The van der Waals surface area contributed by atoms with Crippen LogP contribution in [0.25, 0.3) is 33.2 Å². The lowest BCUT2D eigenvalue weighted by Gasteiger charge is -2.34. The third-order valence-electron chi connectivity index (χ3n) is 8.61. The van der Waals surface area contributed by atoms with Crippen molar-refractivity contribution in [3.63, 3.8) is 0 Å². The Balaban J connectivity index is 1.20. The van der Waals surface area contributed by atoms with Gasteiger partial charge in [-0.05, 0) is 75.6 Å². The Kier molecular flexibility index (Phi) is 6.06. The fourth-order valence-corrected chi connectivity index (χ4v) is 6.44. The van der Waals surface area contributed by atoms with E-state index in [1.807, 2.05) is 6.92 Å². The Morgan fingerprint density at radius 3 is 2.88 bits per heavy atom. The summed E-state index contributed by atoms with van der Waals surface area (Å²) in [4.78, 5) is 21.0. The summed E-state index contributed by atoms with van der Waals surface area (Å²) in [6.07, 6.45) is 14.6. The molecule has 3 fully saturated rings. The molecule has 2 aromatic heterocycles. The standard InChI is InChI=1S/C31H30FN5O3/c1-3-23-26(32)8-5-19-13-21(38)14-24(27(19)23)28-33-15-25-18(2)34-30(36-29(25)35-28)40-17-31-10-4-12-37(31)20(9-11-31)16-39-22-6-7-22/h1,5,8,13-15,20,22,38H,4,6-7,9-12,16-17H2,2H3. The number of hydrogen-bond acceptors (Lipinski definition) is 8. The first kappa shape index (κ1) is 25.1. The zero-order valence-corrected chi connectivity index (χ0v) is 22.4. The number of benzene rings is 2. The molecule has 0 bridgehead atoms. The number of aryl methyl sites for hydroxylation is 1. The fourth-order valence-electron chi connectivity index (χ4n) is 6.44. The van der Waals surface area contributed by atoms with Crippen molar-refractivity contribution >= 4 is 21.8 Å². The van der Waals surface area contributed by atoms with Gasteiger partial charge in [-0.15, -0.1) is 6.42 Å². The zero-order chi connectivity index (χ0) is 27.4. The van der Waals surface area contributed by atoms with E-state index in [0.29, 0.717) is 51.8 Å². The van der Waals surface area contributed by atoms with Gasteiger partial charge in [0.15, 0.2) is 11.5 Å². The second kappa shape index (κ2) is 9.65. The number of phenolic OH excluding ortho intramolecular Hbond substituents is 1. The molecule has 1 aliphatic carbocycles. The van der Waals surface area contributed by atoms with Gasteiger partial charge in [0.2, 0.25) is 0 Å². The third-order valence-corrected chi connectivity index (χ3v) is 8.61. The molecular weight excluding hydrogens is 509 g/mol. The van der Waals surface area contributed by atoms with Gasteiger partial charge < -0.3 is 14.6 Å². The topological polar surface area (TPSA) is 93.5 Å². The van der Waals surface area contributed by atoms with Gasteiger partial charge in [0.05, 0.1) is 34.9 Å². The van der Waals surface area contributed by atoms with Crippen molar-refractivity contribution in [3.8, 4) is 35.5 Å². The molecule has 0 radical (unpaired) electrons. The molecular formula is C31H30FN5O3. The minimum atomic E-state index is -0.523. The lowest BCUT2D eigenvalue weighted by atomic mass is 9.95. The highest BCUT2D eigenvalue weighted by Gasteiger charge is 2.50. The van der Waals surface area contributed by atoms with Crippen LogP contribution in [0.4, 0.5) is 4.39 Å². The number of ether oxygens (including phenoxy) is 2. The van der Waals surface area contributed by atoms with E-state index in [-0.39, 0.29) is 28.7 Å². The first-order chi connectivity index (χ1) is 19.4. The summed E-state index contributed by atoms with van der Waals surface area (Å²) < 4.78 is 26.9. The van der Waals surface area contributed by atoms with Crippen molar-refractivity contribution in [2.24, 2.45) is 0 Å². The van der Waals surface area contributed by atoms with Gasteiger partial charge in [-0.25, -0.2) is 14.4 Å². The number of halogens is 1. The van der Waals surface area contributed by atoms with E-state index < -0.39 is 5.82 Å². The quantitative estimate of drug-likeness (QED) is 0.331. The average Bonchev–Trinajstić information content (AvgIpc) is 3.59. The molecule has 2 atom stereocenters. The maximum atomic E-state index is 14.6. The second-order valence-electron chi connectivity index (χ2n) is 11.2. The molecule has 0 spiro atoms. The number of terminal acetylenes is 1. The highest BCUT2D eigenvalue weighted by atomic mass is 19.1. The van der Waals surface area contributed by atoms with Crippen LogP contribution in [0.5, 0.6) is 11.8 Å². The smallest absolute Gasteiger partial charge is 0.318 e. The molecule has 9 heteroatoms. The monoisotopic (exact) mass is 539 g/mol. The summed E-state index contributed by atoms with van der Waals surface area (Å²) in [5, 5.41) is 12.1. The molecule has 204 valence electrons. The Morgan fingerprint density at radius 2 is 2.05 bits per heavy atom. The first-order valence-electron chi connectivity index (χ1n) is 13.9. The highest BCUT2D eigenvalue weighted by molar-refractivity contribution is 6.01. The maximum Gasteiger partial charge on any atom is 0.318 e. The molecule has 40 heavy (non-hydrogen) atoms. The Morgan fingerprint density at radius 1 is 1.18 bits per heavy atom. The third kappa shape index (κ3) is 4.32. The van der Waals surface area contributed by atoms with E-state index in [4.69, 9.17) is 20.9 Å². The summed E-state index contributed by atoms with van der Waals surface area (Å²) in [6.45, 7) is 4.25. The normalized spacial score (nSPS) is 22.6. The molecule has 1 N–H and O–H groups in total. The van der Waals surface area contributed by atoms with Gasteiger partial charge in [0, 0.05) is 23.2 Å². The SMILES string of the molecule is C#Cc1c(F)ccc2cc(O)cc(-c3ncc4c(C)nc(OCC56CCCN5C(COC5CC5)CC6)nc4n3)c12. The molecule has 4 heterocycles. The molecule has 0 amide bonds. The van der Waals surface area contributed by atoms with Crippen LogP contribution in [0.3, 0.4) is 0 Å². The van der Waals surface area contributed by atoms with E-state index >= 15 is 0 Å². The van der Waals surface area contributed by atoms with Gasteiger partial charge in [-0.2, -0.15) is 9.97 Å². The van der Waals surface area contributed by atoms with Crippen molar-refractivity contribution in [2.75, 3.05) is 19.8 Å². The van der Waals surface area contributed by atoms with Gasteiger partial charge in [-0.3, -0.25) is 4.90 Å². The number of nitrogens with zero attached hydrogens (tertiary/aromatic N) is 5. The van der Waals surface area contributed by atoms with Crippen molar-refractivity contribution in [2.45, 2.75) is 63.1 Å². The van der Waals surface area contributed by atoms with Crippen LogP contribution in [-0.2, 0) is 4.74 Å². The van der Waals surface area contributed by atoms with Crippen LogP contribution in [0, 0.1) is 25.1 Å². The predicted octanol–water partition coefficient (Wildman–Crippen LogP) is 4.93. The lowest BCUT2D eigenvalue weighted by molar-refractivity contribution is 0.0305. The van der Waals surface area contributed by atoms with E-state index in [9.17, 15) is 9.50 Å². The summed E-state index contributed by atoms with van der Waals surface area (Å²) in [5.41, 5.74) is 1.61. The molecule has 2 saturated heterocycles. The van der Waals surface area contributed by atoms with Crippen LogP contribution < -0.4 is 4.74 Å². The summed E-state index contributed by atoms with van der Waals surface area (Å²) in [6, 6.07) is 6.61. The average molecular weight is 540 g/mol. The van der Waals surface area contributed by atoms with Crippen molar-refractivity contribution in [1.29, 1.82) is 0 Å². The van der Waals surface area contributed by atoms with Gasteiger partial charge in [0.1, 0.15) is 18.2 Å². The number of rotatable bonds is 7. The molecule has 7 rings (SSSR count). The van der Waals surface area contributed by atoms with Crippen molar-refractivity contribution < 1.29 is 19.0 Å². The zero-order valence-electron chi connectivity index (χ0n) is 22.4. The van der Waals surface area contributed by atoms with Gasteiger partial charge in [-0.1, -0.05) is 12.0 Å². The molecule has 4 aromatic rings. The van der Waals surface area contributed by atoms with E-state index in [0.717, 1.165) is 38.8 Å². The second-order valence-corrected chi connectivity index (χ2v) is 11.2. The van der Waals surface area contributed by atoms with E-state index in [1.54, 1.807) is 12.3 Å². The molecule has 2 aliphatic heterocycles. The van der Waals surface area contributed by atoms with Gasteiger partial charge in [0.25, 0.3) is 0 Å². The number of phenols is 1. The first-order valence-corrected chi connectivity index (χ1v) is 13.9. The summed E-state index contributed by atoms with van der Waals surface area (Å²) >= 11 is 0. The van der Waals surface area contributed by atoms with Crippen molar-refractivity contribution in [1.82, 2.24) is 24.8 Å². The van der Waals surface area contributed by atoms with Crippen LogP contribution in [-0.4, -0.2) is 67.4 Å². The Bertz CT molecular complexity index is 1680. The van der Waals surface area contributed by atoms with Crippen LogP contribution in [0.2, 0.25) is 0 Å². The molecule has 3 aliphatic rings. The van der Waals surface area contributed by atoms with E-state index in [1.165, 1.54) is 31.0 Å². The Labute approximate surface area is 231 Å².